The van der Waals surface area contributed by atoms with Gasteiger partial charge in [-0.15, -0.1) is 0 Å². The Labute approximate surface area is 679 Å². The predicted octanol–water partition coefficient (Wildman–Crippen LogP) is 20.8. The van der Waals surface area contributed by atoms with Crippen LogP contribution in [0.2, 0.25) is 0 Å². The van der Waals surface area contributed by atoms with Gasteiger partial charge < -0.3 is 19.8 Å². The first-order chi connectivity index (χ1) is 49.0. The number of nitrogens with one attached hydrogen (secondary N) is 4. The van der Waals surface area contributed by atoms with E-state index in [-0.39, 0.29) is 71.9 Å². The fraction of sp³-hybridized carbons (Fsp3) is 0.976. The van der Waals surface area contributed by atoms with Gasteiger partial charge in [0.1, 0.15) is 11.3 Å². The van der Waals surface area contributed by atoms with E-state index in [1.54, 1.807) is 0 Å². The van der Waals surface area contributed by atoms with Gasteiger partial charge in [0.05, 0.1) is 35.0 Å². The normalized spacial score (nSPS) is 12.4. The Balaban J connectivity index is -0.00000192. The molecule has 0 amide bonds. The largest absolute Gasteiger partial charge is 2.00 e. The molecule has 0 saturated carbocycles. The van der Waals surface area contributed by atoms with Gasteiger partial charge in [0.15, 0.2) is 0 Å². The third-order valence-corrected chi connectivity index (χ3v) is 26.5. The Hall–Kier alpha value is 0.151. The van der Waals surface area contributed by atoms with Crippen LogP contribution in [0.15, 0.2) is 0 Å². The topological polar surface area (TPSA) is 265 Å². The summed E-state index contributed by atoms with van der Waals surface area (Å²) in [5.74, 6) is -4.66. The maximum absolute atomic E-state index is 12.7. The number of carboxylic acid groups (broad SMARTS) is 2. The van der Waals surface area contributed by atoms with Crippen LogP contribution in [0.5, 0.6) is 0 Å². The zero-order chi connectivity index (χ0) is 75.9. The van der Waals surface area contributed by atoms with E-state index in [2.05, 4.69) is 46.6 Å². The molecule has 0 radical (unpaired) electrons. The van der Waals surface area contributed by atoms with Gasteiger partial charge in [-0.25, -0.2) is 33.7 Å². The van der Waals surface area contributed by atoms with Crippen LogP contribution in [0.3, 0.4) is 0 Å². The minimum absolute atomic E-state index is 0. The molecule has 21 heteroatoms. The molecule has 0 aliphatic carbocycles. The number of hydrogen-bond donors (Lipinski definition) is 4. The summed E-state index contributed by atoms with van der Waals surface area (Å²) in [5.41, 5.74) is -4.86. The van der Waals surface area contributed by atoms with Crippen molar-refractivity contribution in [3.8, 4) is 0 Å². The van der Waals surface area contributed by atoms with Crippen molar-refractivity contribution in [1.29, 1.82) is 0 Å². The van der Waals surface area contributed by atoms with Crippen LogP contribution in [0.1, 0.15) is 478 Å². The monoisotopic (exact) mass is 1670 g/mol. The smallest absolute Gasteiger partial charge is 0.547 e. The summed E-state index contributed by atoms with van der Waals surface area (Å²) in [6, 6.07) is 0. The summed E-state index contributed by atoms with van der Waals surface area (Å²) >= 11 is 0. The molecule has 0 aliphatic rings. The Morgan fingerprint density at radius 1 is 0.204 bits per heavy atom. The minimum atomic E-state index is -4.03. The average molecular weight is 1670 g/mol. The molecule has 612 valence electrons. The van der Waals surface area contributed by atoms with Crippen molar-refractivity contribution in [1.82, 2.24) is 18.9 Å². The van der Waals surface area contributed by atoms with Gasteiger partial charge in [-0.1, -0.05) is 439 Å². The van der Waals surface area contributed by atoms with Crippen LogP contribution in [-0.2, 0) is 49.7 Å². The van der Waals surface area contributed by atoms with Crippen LogP contribution in [-0.4, -0.2) is 129 Å². The van der Waals surface area contributed by atoms with E-state index in [1.165, 1.54) is 308 Å². The zero-order valence-electron chi connectivity index (χ0n) is 68.2. The van der Waals surface area contributed by atoms with Crippen LogP contribution in [0.25, 0.3) is 0 Å². The van der Waals surface area contributed by atoms with Crippen molar-refractivity contribution in [3.05, 3.63) is 0 Å². The molecule has 0 saturated heterocycles. The molecule has 0 spiro atoms. The van der Waals surface area contributed by atoms with Crippen molar-refractivity contribution in [2.75, 3.05) is 23.0 Å². The number of hydrogen-bond acceptors (Lipinski definition) is 12. The molecule has 0 aromatic rings. The number of carbonyl (C=O) groups is 2. The maximum atomic E-state index is 12.7. The molecule has 0 aromatic heterocycles. The number of carboxylic acids is 2. The van der Waals surface area contributed by atoms with Crippen molar-refractivity contribution < 1.29 is 53.5 Å². The molecule has 0 fully saturated rings. The first kappa shape index (κ1) is 107. The third-order valence-electron chi connectivity index (χ3n) is 20.3. The van der Waals surface area contributed by atoms with E-state index < -0.39 is 63.4 Å². The Morgan fingerprint density at radius 2 is 0.291 bits per heavy atom. The summed E-state index contributed by atoms with van der Waals surface area (Å²) in [7, 11) is -16.1. The standard InChI is InChI=1S/2C41H84N2O6S2.Ba/c2*1-4-6-8-10-12-14-16-18-20-22-24-26-28-30-32-34-36-38-50(46,47)42-41(3,40(44)45)43-51(48,49)39-37-35-33-31-29-27-25-23-21-19-17-15-13-11-9-7-5-2;/h2*42-43H,4-39H2,1-3H3,(H,44,45);/q;;+2/p-2. The first-order valence-electron chi connectivity index (χ1n) is 43.4. The van der Waals surface area contributed by atoms with Gasteiger partial charge in [-0.05, 0) is 39.5 Å². The van der Waals surface area contributed by atoms with Gasteiger partial charge >= 0.3 is 48.9 Å². The minimum Gasteiger partial charge on any atom is -0.547 e. The first-order valence-corrected chi connectivity index (χ1v) is 50.1. The van der Waals surface area contributed by atoms with E-state index in [0.717, 1.165) is 117 Å². The molecule has 103 heavy (non-hydrogen) atoms. The number of sulfonamides is 4. The molecular formula is C82H166BaN4O12S4. The third kappa shape index (κ3) is 75.9. The van der Waals surface area contributed by atoms with Crippen LogP contribution in [0.4, 0.5) is 0 Å². The van der Waals surface area contributed by atoms with Crippen molar-refractivity contribution in [2.24, 2.45) is 0 Å². The SMILES string of the molecule is CCCCCCCCCCCCCCCCCCCS(=O)(=O)NC(C)(NS(=O)(=O)CCCCCCCCCCCCCCCCCCC)C(=O)[O-].CCCCCCCCCCCCCCCCCCCS(=O)(=O)NC(C)(NS(=O)(=O)CCCCCCCCCCCCCCCCCCC)C(=O)[O-].[Ba+2]. The van der Waals surface area contributed by atoms with Crippen molar-refractivity contribution in [2.45, 2.75) is 489 Å². The van der Waals surface area contributed by atoms with E-state index in [0.29, 0.717) is 25.7 Å². The van der Waals surface area contributed by atoms with Crippen molar-refractivity contribution in [3.63, 3.8) is 0 Å². The van der Waals surface area contributed by atoms with Gasteiger partial charge in [0, 0.05) is 0 Å². The second-order valence-corrected chi connectivity index (χ2v) is 38.5. The number of aliphatic carboxylic acids is 2. The second kappa shape index (κ2) is 74.9. The van der Waals surface area contributed by atoms with Crippen LogP contribution in [0, 0.1) is 0 Å². The maximum Gasteiger partial charge on any atom is 2.00 e. The molecule has 0 atom stereocenters. The van der Waals surface area contributed by atoms with E-state index in [1.807, 2.05) is 0 Å². The summed E-state index contributed by atoms with van der Waals surface area (Å²) in [6.45, 7) is 11.0. The fourth-order valence-electron chi connectivity index (χ4n) is 13.7. The van der Waals surface area contributed by atoms with E-state index in [9.17, 15) is 53.5 Å². The van der Waals surface area contributed by atoms with E-state index in [4.69, 9.17) is 0 Å². The summed E-state index contributed by atoms with van der Waals surface area (Å²) in [6.07, 6.45) is 80.9. The molecule has 4 N–H and O–H groups in total. The van der Waals surface area contributed by atoms with Gasteiger partial charge in [0.25, 0.3) is 0 Å². The molecule has 0 aliphatic heterocycles. The Kier molecular flexibility index (Phi) is 78.0. The van der Waals surface area contributed by atoms with E-state index >= 15 is 0 Å². The van der Waals surface area contributed by atoms with Crippen LogP contribution >= 0.6 is 0 Å². The molecule has 0 heterocycles. The quantitative estimate of drug-likeness (QED) is 0.0252. The summed E-state index contributed by atoms with van der Waals surface area (Å²) in [4.78, 5) is 23.8. The van der Waals surface area contributed by atoms with Gasteiger partial charge in [-0.2, -0.15) is 18.9 Å². The molecule has 0 rings (SSSR count). The average Bonchev–Trinajstić information content (AvgIpc) is 0.820. The Bertz CT molecular complexity index is 2040. The Morgan fingerprint density at radius 3 is 0.379 bits per heavy atom. The molecule has 0 bridgehead atoms. The molecule has 16 nitrogen and oxygen atoms in total. The van der Waals surface area contributed by atoms with Gasteiger partial charge in [0.2, 0.25) is 40.1 Å². The van der Waals surface area contributed by atoms with Gasteiger partial charge in [-0.3, -0.25) is 0 Å². The summed E-state index contributed by atoms with van der Waals surface area (Å²) in [5, 5.41) is 23.8. The predicted molar refractivity (Wildman–Crippen MR) is 437 cm³/mol. The second-order valence-electron chi connectivity index (χ2n) is 31.1. The summed E-state index contributed by atoms with van der Waals surface area (Å²) < 4.78 is 110. The molecule has 0 aromatic carbocycles. The fourth-order valence-corrected chi connectivity index (χ4v) is 19.6. The van der Waals surface area contributed by atoms with Crippen molar-refractivity contribution >= 4 is 101 Å². The van der Waals surface area contributed by atoms with Crippen LogP contribution < -0.4 is 29.1 Å². The zero-order valence-corrected chi connectivity index (χ0v) is 75.9. The number of carbonyl (C=O) groups excluding carboxylic acids is 2. The molecular weight excluding hydrogens is 1500 g/mol. The number of rotatable bonds is 82. The molecule has 0 unspecified atom stereocenters. The number of unbranched alkanes of at least 4 members (excludes halogenated alkanes) is 64.